The minimum Gasteiger partial charge on any atom is -0.481 e. The van der Waals surface area contributed by atoms with Crippen LogP contribution in [-0.2, 0) is 9.59 Å². The number of aryl methyl sites for hydroxylation is 1. The Balaban J connectivity index is 1.92. The molecule has 1 fully saturated rings. The van der Waals surface area contributed by atoms with Crippen LogP contribution in [0.3, 0.4) is 0 Å². The Morgan fingerprint density at radius 3 is 2.46 bits per heavy atom. The third-order valence-corrected chi connectivity index (χ3v) is 5.21. The van der Waals surface area contributed by atoms with E-state index in [0.29, 0.717) is 31.5 Å². The largest absolute Gasteiger partial charge is 0.481 e. The van der Waals surface area contributed by atoms with Crippen molar-refractivity contribution in [2.24, 2.45) is 5.92 Å². The van der Waals surface area contributed by atoms with E-state index in [1.807, 2.05) is 13.0 Å². The summed E-state index contributed by atoms with van der Waals surface area (Å²) in [4.78, 5) is 38.7. The Morgan fingerprint density at radius 2 is 1.92 bits per heavy atom. The normalized spacial score (nSPS) is 15.2. The summed E-state index contributed by atoms with van der Waals surface area (Å²) in [6, 6.07) is 5.32. The molecule has 0 saturated carbocycles. The summed E-state index contributed by atoms with van der Waals surface area (Å²) in [6.07, 6.45) is 0.926. The molecule has 0 radical (unpaired) electrons. The summed E-state index contributed by atoms with van der Waals surface area (Å²) >= 11 is 3.40. The molecule has 7 heteroatoms. The fourth-order valence-electron chi connectivity index (χ4n) is 2.75. The summed E-state index contributed by atoms with van der Waals surface area (Å²) < 4.78 is 0.930. The van der Waals surface area contributed by atoms with Crippen LogP contribution in [0.15, 0.2) is 22.7 Å². The van der Waals surface area contributed by atoms with Crippen molar-refractivity contribution >= 4 is 33.7 Å². The number of halogens is 1. The van der Waals surface area contributed by atoms with Gasteiger partial charge in [-0.25, -0.2) is 0 Å². The van der Waals surface area contributed by atoms with E-state index in [-0.39, 0.29) is 24.3 Å². The molecule has 1 heterocycles. The van der Waals surface area contributed by atoms with E-state index < -0.39 is 5.97 Å². The van der Waals surface area contributed by atoms with Crippen LogP contribution >= 0.6 is 15.9 Å². The highest BCUT2D eigenvalue weighted by atomic mass is 79.9. The Bertz CT molecular complexity index is 654. The van der Waals surface area contributed by atoms with Gasteiger partial charge >= 0.3 is 5.97 Å². The first kappa shape index (κ1) is 18.4. The Morgan fingerprint density at radius 1 is 1.29 bits per heavy atom. The maximum Gasteiger partial charge on any atom is 0.306 e. The average molecular weight is 397 g/mol. The van der Waals surface area contributed by atoms with Crippen LogP contribution in [0.5, 0.6) is 0 Å². The first-order valence-electron chi connectivity index (χ1n) is 7.81. The molecule has 2 amide bonds. The van der Waals surface area contributed by atoms with Crippen LogP contribution in [0.25, 0.3) is 0 Å². The highest BCUT2D eigenvalue weighted by Crippen LogP contribution is 2.19. The van der Waals surface area contributed by atoms with Gasteiger partial charge in [-0.3, -0.25) is 14.4 Å². The summed E-state index contributed by atoms with van der Waals surface area (Å²) in [5, 5.41) is 8.99. The molecule has 0 spiro atoms. The number of amides is 2. The Hall–Kier alpha value is -1.89. The van der Waals surface area contributed by atoms with Crippen molar-refractivity contribution in [1.82, 2.24) is 9.80 Å². The predicted octanol–water partition coefficient (Wildman–Crippen LogP) is 2.15. The monoisotopic (exact) mass is 396 g/mol. The van der Waals surface area contributed by atoms with Crippen LogP contribution in [0, 0.1) is 12.8 Å². The van der Waals surface area contributed by atoms with Gasteiger partial charge in [0.2, 0.25) is 5.91 Å². The molecule has 0 atom stereocenters. The van der Waals surface area contributed by atoms with Gasteiger partial charge in [-0.05, 0) is 43.5 Å². The molecule has 1 saturated heterocycles. The molecular formula is C17H21BrN2O4. The van der Waals surface area contributed by atoms with E-state index >= 15 is 0 Å². The maximum absolute atomic E-state index is 12.4. The minimum absolute atomic E-state index is 0.00825. The number of benzene rings is 1. The summed E-state index contributed by atoms with van der Waals surface area (Å²) in [7, 11) is 1.60. The number of carboxylic acid groups (broad SMARTS) is 1. The zero-order chi connectivity index (χ0) is 17.9. The number of carboxylic acids is 1. The molecule has 24 heavy (non-hydrogen) atoms. The van der Waals surface area contributed by atoms with E-state index in [4.69, 9.17) is 5.11 Å². The van der Waals surface area contributed by atoms with Crippen molar-refractivity contribution < 1.29 is 19.5 Å². The molecule has 0 unspecified atom stereocenters. The highest BCUT2D eigenvalue weighted by molar-refractivity contribution is 9.10. The van der Waals surface area contributed by atoms with Crippen molar-refractivity contribution in [1.29, 1.82) is 0 Å². The van der Waals surface area contributed by atoms with Crippen LogP contribution in [0.1, 0.15) is 28.8 Å². The Kier molecular flexibility index (Phi) is 5.99. The molecule has 0 aromatic heterocycles. The van der Waals surface area contributed by atoms with Gasteiger partial charge in [-0.1, -0.05) is 15.9 Å². The third-order valence-electron chi connectivity index (χ3n) is 4.32. The van der Waals surface area contributed by atoms with Gasteiger partial charge in [0.25, 0.3) is 5.91 Å². The second-order valence-electron chi connectivity index (χ2n) is 6.12. The molecular weight excluding hydrogens is 376 g/mol. The number of likely N-dealkylation sites (tertiary alicyclic amines) is 1. The molecule has 0 aliphatic carbocycles. The van der Waals surface area contributed by atoms with Crippen LogP contribution in [-0.4, -0.2) is 59.4 Å². The average Bonchev–Trinajstić information content (AvgIpc) is 2.56. The van der Waals surface area contributed by atoms with Gasteiger partial charge < -0.3 is 14.9 Å². The highest BCUT2D eigenvalue weighted by Gasteiger charge is 2.28. The molecule has 1 aromatic rings. The topological polar surface area (TPSA) is 77.9 Å². The van der Waals surface area contributed by atoms with Crippen LogP contribution in [0.4, 0.5) is 0 Å². The van der Waals surface area contributed by atoms with Crippen molar-refractivity contribution in [2.45, 2.75) is 19.8 Å². The molecule has 0 bridgehead atoms. The SMILES string of the molecule is Cc1cc(C(=O)N(C)CC(=O)N2CCC(C(=O)O)CC2)ccc1Br. The lowest BCUT2D eigenvalue weighted by atomic mass is 9.97. The van der Waals surface area contributed by atoms with E-state index in [9.17, 15) is 14.4 Å². The minimum atomic E-state index is -0.806. The summed E-state index contributed by atoms with van der Waals surface area (Å²) in [5.74, 6) is -1.54. The third kappa shape index (κ3) is 4.35. The number of hydrogen-bond donors (Lipinski definition) is 1. The van der Waals surface area contributed by atoms with Gasteiger partial charge in [-0.2, -0.15) is 0 Å². The number of rotatable bonds is 4. The lowest BCUT2D eigenvalue weighted by Gasteiger charge is -2.31. The second-order valence-corrected chi connectivity index (χ2v) is 6.97. The maximum atomic E-state index is 12.4. The number of piperidine rings is 1. The van der Waals surface area contributed by atoms with E-state index in [1.165, 1.54) is 4.90 Å². The quantitative estimate of drug-likeness (QED) is 0.845. The molecule has 2 rings (SSSR count). The molecule has 1 aliphatic rings. The van der Waals surface area contributed by atoms with Gasteiger partial charge in [0, 0.05) is 30.2 Å². The fourth-order valence-corrected chi connectivity index (χ4v) is 3.00. The predicted molar refractivity (Wildman–Crippen MR) is 92.8 cm³/mol. The number of aliphatic carboxylic acids is 1. The van der Waals surface area contributed by atoms with Crippen molar-refractivity contribution in [3.8, 4) is 0 Å². The second kappa shape index (κ2) is 7.79. The molecule has 1 aliphatic heterocycles. The fraction of sp³-hybridized carbons (Fsp3) is 0.471. The smallest absolute Gasteiger partial charge is 0.306 e. The van der Waals surface area contributed by atoms with Gasteiger partial charge in [0.1, 0.15) is 0 Å². The molecule has 6 nitrogen and oxygen atoms in total. The summed E-state index contributed by atoms with van der Waals surface area (Å²) in [6.45, 7) is 2.74. The molecule has 1 aromatic carbocycles. The lowest BCUT2D eigenvalue weighted by Crippen LogP contribution is -2.45. The Labute approximate surface area is 149 Å². The molecule has 1 N–H and O–H groups in total. The van der Waals surface area contributed by atoms with Crippen molar-refractivity contribution in [3.05, 3.63) is 33.8 Å². The number of nitrogens with zero attached hydrogens (tertiary/aromatic N) is 2. The van der Waals surface area contributed by atoms with E-state index in [0.717, 1.165) is 10.0 Å². The number of likely N-dealkylation sites (N-methyl/N-ethyl adjacent to an activating group) is 1. The summed E-state index contributed by atoms with van der Waals surface area (Å²) in [5.41, 5.74) is 1.49. The number of carbonyl (C=O) groups is 3. The number of carbonyl (C=O) groups excluding carboxylic acids is 2. The van der Waals surface area contributed by atoms with Crippen LogP contribution < -0.4 is 0 Å². The van der Waals surface area contributed by atoms with E-state index in [1.54, 1.807) is 24.1 Å². The molecule has 130 valence electrons. The first-order valence-corrected chi connectivity index (χ1v) is 8.61. The lowest BCUT2D eigenvalue weighted by molar-refractivity contribution is -0.145. The first-order chi connectivity index (χ1) is 11.3. The van der Waals surface area contributed by atoms with Crippen molar-refractivity contribution in [3.63, 3.8) is 0 Å². The van der Waals surface area contributed by atoms with E-state index in [2.05, 4.69) is 15.9 Å². The van der Waals surface area contributed by atoms with Gasteiger partial charge in [-0.15, -0.1) is 0 Å². The standard InChI is InChI=1S/C17H21BrN2O4/c1-11-9-13(3-4-14(11)18)16(22)19(2)10-15(21)20-7-5-12(6-8-20)17(23)24/h3-4,9,12H,5-8,10H2,1-2H3,(H,23,24). The zero-order valence-corrected chi connectivity index (χ0v) is 15.4. The van der Waals surface area contributed by atoms with Gasteiger partial charge in [0.05, 0.1) is 12.5 Å². The van der Waals surface area contributed by atoms with Crippen LogP contribution in [0.2, 0.25) is 0 Å². The number of hydrogen-bond acceptors (Lipinski definition) is 3. The zero-order valence-electron chi connectivity index (χ0n) is 13.8. The van der Waals surface area contributed by atoms with Gasteiger partial charge in [0.15, 0.2) is 0 Å². The van der Waals surface area contributed by atoms with Crippen molar-refractivity contribution in [2.75, 3.05) is 26.7 Å².